The number of nitrogens with one attached hydrogen (secondary N) is 1. The van der Waals surface area contributed by atoms with E-state index in [0.717, 1.165) is 25.3 Å². The first-order valence-electron chi connectivity index (χ1n) is 6.95. The fourth-order valence-electron chi connectivity index (χ4n) is 2.84. The highest BCUT2D eigenvalue weighted by atomic mass is 16.2. The van der Waals surface area contributed by atoms with Gasteiger partial charge in [-0.1, -0.05) is 0 Å². The molecule has 1 N–H and O–H groups in total. The van der Waals surface area contributed by atoms with E-state index < -0.39 is 0 Å². The molecule has 1 aromatic rings. The summed E-state index contributed by atoms with van der Waals surface area (Å²) in [5.74, 6) is 0.195. The molecule has 0 unspecified atom stereocenters. The molecule has 0 radical (unpaired) electrons. The summed E-state index contributed by atoms with van der Waals surface area (Å²) in [6, 6.07) is 4.92. The molecule has 1 amide bonds. The van der Waals surface area contributed by atoms with Gasteiger partial charge in [-0.2, -0.15) is 0 Å². The Kier molecular flexibility index (Phi) is 3.12. The van der Waals surface area contributed by atoms with Crippen molar-refractivity contribution in [2.45, 2.75) is 38.3 Å². The molecule has 1 saturated heterocycles. The molecule has 1 aliphatic carbocycles. The van der Waals surface area contributed by atoms with Crippen molar-refractivity contribution in [3.8, 4) is 0 Å². The molecule has 1 aromatic heterocycles. The van der Waals surface area contributed by atoms with Crippen molar-refractivity contribution in [3.63, 3.8) is 0 Å². The van der Waals surface area contributed by atoms with Gasteiger partial charge in [-0.05, 0) is 38.3 Å². The van der Waals surface area contributed by atoms with Crippen molar-refractivity contribution in [1.29, 1.82) is 0 Å². The fourth-order valence-corrected chi connectivity index (χ4v) is 2.84. The Hall–Kier alpha value is -1.29. The van der Waals surface area contributed by atoms with Gasteiger partial charge in [0.25, 0.3) is 5.91 Å². The maximum absolute atomic E-state index is 12.5. The average Bonchev–Trinajstić information content (AvgIpc) is 2.74. The SMILES string of the molecule is C[C@H]1CN(C(=O)c2cccn2C2CCC2)CCN1. The van der Waals surface area contributed by atoms with E-state index in [-0.39, 0.29) is 5.91 Å². The Morgan fingerprint density at radius 1 is 1.44 bits per heavy atom. The highest BCUT2D eigenvalue weighted by Gasteiger charge is 2.27. The number of carbonyl (C=O) groups excluding carboxylic acids is 1. The topological polar surface area (TPSA) is 37.3 Å². The molecule has 2 heterocycles. The number of aromatic nitrogens is 1. The van der Waals surface area contributed by atoms with Crippen molar-refractivity contribution in [1.82, 2.24) is 14.8 Å². The van der Waals surface area contributed by atoms with Crippen LogP contribution in [-0.2, 0) is 0 Å². The number of hydrogen-bond donors (Lipinski definition) is 1. The fraction of sp³-hybridized carbons (Fsp3) is 0.643. The average molecular weight is 247 g/mol. The van der Waals surface area contributed by atoms with E-state index in [9.17, 15) is 4.79 Å². The maximum Gasteiger partial charge on any atom is 0.270 e. The van der Waals surface area contributed by atoms with Gasteiger partial charge in [-0.25, -0.2) is 0 Å². The Bertz CT molecular complexity index is 436. The molecule has 0 spiro atoms. The van der Waals surface area contributed by atoms with Crippen LogP contribution in [0.2, 0.25) is 0 Å². The van der Waals surface area contributed by atoms with Crippen LogP contribution in [-0.4, -0.2) is 41.1 Å². The molecule has 1 saturated carbocycles. The molecule has 0 aromatic carbocycles. The third kappa shape index (κ3) is 2.05. The van der Waals surface area contributed by atoms with Gasteiger partial charge in [-0.15, -0.1) is 0 Å². The number of carbonyl (C=O) groups is 1. The number of rotatable bonds is 2. The molecule has 18 heavy (non-hydrogen) atoms. The van der Waals surface area contributed by atoms with E-state index in [1.54, 1.807) is 0 Å². The van der Waals surface area contributed by atoms with Gasteiger partial charge in [0.15, 0.2) is 0 Å². The summed E-state index contributed by atoms with van der Waals surface area (Å²) in [4.78, 5) is 14.5. The Labute approximate surface area is 108 Å². The molecular formula is C14H21N3O. The van der Waals surface area contributed by atoms with Crippen molar-refractivity contribution >= 4 is 5.91 Å². The van der Waals surface area contributed by atoms with E-state index in [1.165, 1.54) is 19.3 Å². The summed E-state index contributed by atoms with van der Waals surface area (Å²) in [7, 11) is 0. The zero-order valence-corrected chi connectivity index (χ0v) is 10.9. The van der Waals surface area contributed by atoms with Crippen molar-refractivity contribution in [2.75, 3.05) is 19.6 Å². The maximum atomic E-state index is 12.5. The highest BCUT2D eigenvalue weighted by Crippen LogP contribution is 2.33. The van der Waals surface area contributed by atoms with Gasteiger partial charge in [-0.3, -0.25) is 4.79 Å². The lowest BCUT2D eigenvalue weighted by atomic mass is 9.93. The summed E-state index contributed by atoms with van der Waals surface area (Å²) in [5.41, 5.74) is 0.869. The first-order valence-corrected chi connectivity index (χ1v) is 6.95. The molecule has 4 nitrogen and oxygen atoms in total. The molecule has 98 valence electrons. The molecule has 2 aliphatic rings. The zero-order chi connectivity index (χ0) is 12.5. The largest absolute Gasteiger partial charge is 0.340 e. The molecule has 1 atom stereocenters. The van der Waals surface area contributed by atoms with Gasteiger partial charge < -0.3 is 14.8 Å². The standard InChI is InChI=1S/C14H21N3O/c1-11-10-16(9-7-15-11)14(18)13-6-3-8-17(13)12-4-2-5-12/h3,6,8,11-12,15H,2,4-5,7,9-10H2,1H3/t11-/m0/s1. The second-order valence-electron chi connectivity index (χ2n) is 5.49. The van der Waals surface area contributed by atoms with E-state index in [0.29, 0.717) is 12.1 Å². The minimum absolute atomic E-state index is 0.195. The number of piperazine rings is 1. The molecule has 2 fully saturated rings. The predicted molar refractivity (Wildman–Crippen MR) is 70.7 cm³/mol. The lowest BCUT2D eigenvalue weighted by molar-refractivity contribution is 0.0692. The van der Waals surface area contributed by atoms with Crippen LogP contribution in [0.5, 0.6) is 0 Å². The van der Waals surface area contributed by atoms with Crippen LogP contribution >= 0.6 is 0 Å². The van der Waals surface area contributed by atoms with Crippen molar-refractivity contribution in [3.05, 3.63) is 24.0 Å². The van der Waals surface area contributed by atoms with Gasteiger partial charge in [0.1, 0.15) is 5.69 Å². The Balaban J connectivity index is 1.77. The van der Waals surface area contributed by atoms with Gasteiger partial charge >= 0.3 is 0 Å². The Morgan fingerprint density at radius 2 is 2.28 bits per heavy atom. The van der Waals surface area contributed by atoms with E-state index in [4.69, 9.17) is 0 Å². The predicted octanol–water partition coefficient (Wildman–Crippen LogP) is 1.65. The number of hydrogen-bond acceptors (Lipinski definition) is 2. The second-order valence-corrected chi connectivity index (χ2v) is 5.49. The molecule has 1 aliphatic heterocycles. The van der Waals surface area contributed by atoms with Crippen LogP contribution in [0, 0.1) is 0 Å². The minimum atomic E-state index is 0.195. The number of nitrogens with zero attached hydrogens (tertiary/aromatic N) is 2. The van der Waals surface area contributed by atoms with Crippen molar-refractivity contribution < 1.29 is 4.79 Å². The molecule has 0 bridgehead atoms. The zero-order valence-electron chi connectivity index (χ0n) is 10.9. The summed E-state index contributed by atoms with van der Waals surface area (Å²) >= 11 is 0. The highest BCUT2D eigenvalue weighted by molar-refractivity contribution is 5.93. The molecular weight excluding hydrogens is 226 g/mol. The lowest BCUT2D eigenvalue weighted by Crippen LogP contribution is -2.51. The third-order valence-corrected chi connectivity index (χ3v) is 4.12. The van der Waals surface area contributed by atoms with Crippen LogP contribution in [0.3, 0.4) is 0 Å². The van der Waals surface area contributed by atoms with Gasteiger partial charge in [0.05, 0.1) is 0 Å². The monoisotopic (exact) mass is 247 g/mol. The van der Waals surface area contributed by atoms with Gasteiger partial charge in [0.2, 0.25) is 0 Å². The summed E-state index contributed by atoms with van der Waals surface area (Å²) in [6.07, 6.45) is 5.78. The van der Waals surface area contributed by atoms with Crippen LogP contribution in [0.25, 0.3) is 0 Å². The normalized spacial score (nSPS) is 24.9. The summed E-state index contributed by atoms with van der Waals surface area (Å²) in [5, 5.41) is 3.37. The summed E-state index contributed by atoms with van der Waals surface area (Å²) in [6.45, 7) is 4.66. The Morgan fingerprint density at radius 3 is 2.94 bits per heavy atom. The van der Waals surface area contributed by atoms with E-state index >= 15 is 0 Å². The van der Waals surface area contributed by atoms with Crippen molar-refractivity contribution in [2.24, 2.45) is 0 Å². The smallest absolute Gasteiger partial charge is 0.270 e. The first kappa shape index (κ1) is 11.8. The molecule has 4 heteroatoms. The van der Waals surface area contributed by atoms with E-state index in [1.807, 2.05) is 17.0 Å². The summed E-state index contributed by atoms with van der Waals surface area (Å²) < 4.78 is 2.18. The van der Waals surface area contributed by atoms with Crippen LogP contribution in [0.4, 0.5) is 0 Å². The van der Waals surface area contributed by atoms with Crippen LogP contribution in [0.15, 0.2) is 18.3 Å². The quantitative estimate of drug-likeness (QED) is 0.862. The molecule has 3 rings (SSSR count). The lowest BCUT2D eigenvalue weighted by Gasteiger charge is -2.34. The second kappa shape index (κ2) is 4.76. The van der Waals surface area contributed by atoms with Crippen LogP contribution < -0.4 is 5.32 Å². The third-order valence-electron chi connectivity index (χ3n) is 4.12. The first-order chi connectivity index (χ1) is 8.75. The minimum Gasteiger partial charge on any atom is -0.340 e. The van der Waals surface area contributed by atoms with Gasteiger partial charge in [0, 0.05) is 37.9 Å². The number of amides is 1. The van der Waals surface area contributed by atoms with Crippen LogP contribution in [0.1, 0.15) is 42.7 Å². The van der Waals surface area contributed by atoms with E-state index in [2.05, 4.69) is 23.0 Å².